The van der Waals surface area contributed by atoms with Gasteiger partial charge in [-0.25, -0.2) is 4.98 Å². The number of benzene rings is 2. The first-order chi connectivity index (χ1) is 12.2. The number of hydrogen-bond donors (Lipinski definition) is 1. The predicted octanol–water partition coefficient (Wildman–Crippen LogP) is 2.27. The Morgan fingerprint density at radius 1 is 1.00 bits per heavy atom. The molecule has 0 radical (unpaired) electrons. The zero-order valence-electron chi connectivity index (χ0n) is 15.2. The van der Waals surface area contributed by atoms with Crippen LogP contribution in [-0.2, 0) is 13.1 Å². The summed E-state index contributed by atoms with van der Waals surface area (Å²) < 4.78 is 2.37. The molecular formula is C21H27N4+. The van der Waals surface area contributed by atoms with Crippen LogP contribution < -0.4 is 9.80 Å². The fourth-order valence-corrected chi connectivity index (χ4v) is 3.85. The minimum Gasteiger partial charge on any atom is -0.360 e. The fourth-order valence-electron chi connectivity index (χ4n) is 3.85. The number of rotatable bonds is 4. The van der Waals surface area contributed by atoms with Crippen LogP contribution in [0.15, 0.2) is 48.5 Å². The van der Waals surface area contributed by atoms with Crippen LogP contribution in [0.5, 0.6) is 0 Å². The van der Waals surface area contributed by atoms with E-state index in [-0.39, 0.29) is 0 Å². The lowest BCUT2D eigenvalue weighted by molar-refractivity contribution is -0.915. The number of nitrogens with one attached hydrogen (secondary N) is 1. The van der Waals surface area contributed by atoms with Gasteiger partial charge in [-0.1, -0.05) is 29.8 Å². The largest absolute Gasteiger partial charge is 0.360 e. The quantitative estimate of drug-likeness (QED) is 0.791. The summed E-state index contributed by atoms with van der Waals surface area (Å²) in [5.41, 5.74) is 5.06. The van der Waals surface area contributed by atoms with E-state index in [1.54, 1.807) is 4.90 Å². The smallest absolute Gasteiger partial charge is 0.165 e. The van der Waals surface area contributed by atoms with Crippen molar-refractivity contribution in [2.45, 2.75) is 26.9 Å². The van der Waals surface area contributed by atoms with Crippen molar-refractivity contribution in [2.75, 3.05) is 31.1 Å². The molecule has 1 aliphatic rings. The molecule has 2 aromatic carbocycles. The summed E-state index contributed by atoms with van der Waals surface area (Å²) in [7, 11) is 0. The Hall–Kier alpha value is -2.33. The second kappa shape index (κ2) is 6.89. The van der Waals surface area contributed by atoms with E-state index in [0.29, 0.717) is 0 Å². The monoisotopic (exact) mass is 335 g/mol. The van der Waals surface area contributed by atoms with Crippen molar-refractivity contribution in [3.63, 3.8) is 0 Å². The van der Waals surface area contributed by atoms with Crippen LogP contribution in [0.3, 0.4) is 0 Å². The molecule has 0 saturated carbocycles. The standard InChI is InChI=1S/C21H26N4/c1-3-25-20-7-5-4-6-19(20)22-21(25)16-23-12-14-24(15-13-23)18-10-8-17(2)9-11-18/h4-11H,3,12-16H2,1-2H3/p+1. The average molecular weight is 335 g/mol. The first-order valence-corrected chi connectivity index (χ1v) is 9.34. The molecular weight excluding hydrogens is 308 g/mol. The third-order valence-electron chi connectivity index (χ3n) is 5.33. The number of piperazine rings is 1. The minimum atomic E-state index is 0.985. The van der Waals surface area contributed by atoms with Crippen molar-refractivity contribution in [3.05, 3.63) is 59.9 Å². The van der Waals surface area contributed by atoms with Crippen molar-refractivity contribution in [3.8, 4) is 0 Å². The van der Waals surface area contributed by atoms with Crippen molar-refractivity contribution in [2.24, 2.45) is 0 Å². The van der Waals surface area contributed by atoms with E-state index in [1.807, 2.05) is 0 Å². The number of hydrogen-bond acceptors (Lipinski definition) is 2. The van der Waals surface area contributed by atoms with E-state index in [2.05, 4.69) is 71.8 Å². The highest BCUT2D eigenvalue weighted by Gasteiger charge is 2.22. The number of para-hydroxylation sites is 2. The summed E-state index contributed by atoms with van der Waals surface area (Å²) in [5.74, 6) is 1.22. The maximum Gasteiger partial charge on any atom is 0.165 e. The summed E-state index contributed by atoms with van der Waals surface area (Å²) >= 11 is 0. The van der Waals surface area contributed by atoms with Gasteiger partial charge in [0, 0.05) is 12.2 Å². The molecule has 3 aromatic rings. The molecule has 4 heteroatoms. The first-order valence-electron chi connectivity index (χ1n) is 9.34. The number of aryl methyl sites for hydroxylation is 2. The van der Waals surface area contributed by atoms with E-state index in [4.69, 9.17) is 4.98 Å². The van der Waals surface area contributed by atoms with Crippen LogP contribution in [0.1, 0.15) is 18.3 Å². The number of nitrogens with zero attached hydrogens (tertiary/aromatic N) is 3. The summed E-state index contributed by atoms with van der Waals surface area (Å²) in [6.07, 6.45) is 0. The van der Waals surface area contributed by atoms with Gasteiger partial charge in [0.15, 0.2) is 5.82 Å². The minimum absolute atomic E-state index is 0.985. The van der Waals surface area contributed by atoms with Gasteiger partial charge in [0.25, 0.3) is 0 Å². The second-order valence-electron chi connectivity index (χ2n) is 7.01. The summed E-state index contributed by atoms with van der Waals surface area (Å²) in [5, 5.41) is 0. The second-order valence-corrected chi connectivity index (χ2v) is 7.01. The lowest BCUT2D eigenvalue weighted by Crippen LogP contribution is -3.13. The molecule has 1 N–H and O–H groups in total. The molecule has 1 saturated heterocycles. The molecule has 4 nitrogen and oxygen atoms in total. The highest BCUT2D eigenvalue weighted by molar-refractivity contribution is 5.75. The lowest BCUT2D eigenvalue weighted by Gasteiger charge is -2.33. The van der Waals surface area contributed by atoms with Crippen LogP contribution in [0.25, 0.3) is 11.0 Å². The molecule has 0 amide bonds. The maximum atomic E-state index is 4.89. The normalized spacial score (nSPS) is 15.8. The average Bonchev–Trinajstić information content (AvgIpc) is 3.00. The Balaban J connectivity index is 1.44. The number of aromatic nitrogens is 2. The van der Waals surface area contributed by atoms with Gasteiger partial charge in [0.05, 0.1) is 37.2 Å². The van der Waals surface area contributed by atoms with Gasteiger partial charge in [-0.2, -0.15) is 0 Å². The van der Waals surface area contributed by atoms with E-state index >= 15 is 0 Å². The zero-order chi connectivity index (χ0) is 17.2. The number of imidazole rings is 1. The van der Waals surface area contributed by atoms with Crippen molar-refractivity contribution in [1.82, 2.24) is 9.55 Å². The summed E-state index contributed by atoms with van der Waals surface area (Å²) in [4.78, 5) is 9.03. The molecule has 0 aliphatic carbocycles. The van der Waals surface area contributed by atoms with Crippen LogP contribution in [0.2, 0.25) is 0 Å². The molecule has 130 valence electrons. The van der Waals surface area contributed by atoms with Gasteiger partial charge >= 0.3 is 0 Å². The van der Waals surface area contributed by atoms with Crippen molar-refractivity contribution in [1.29, 1.82) is 0 Å². The van der Waals surface area contributed by atoms with Gasteiger partial charge in [0.1, 0.15) is 6.54 Å². The molecule has 25 heavy (non-hydrogen) atoms. The Bertz CT molecular complexity index is 842. The van der Waals surface area contributed by atoms with Crippen LogP contribution in [-0.4, -0.2) is 35.7 Å². The maximum absolute atomic E-state index is 4.89. The highest BCUT2D eigenvalue weighted by atomic mass is 15.3. The van der Waals surface area contributed by atoms with Crippen molar-refractivity contribution < 1.29 is 4.90 Å². The Labute approximate surface area is 149 Å². The van der Waals surface area contributed by atoms with Gasteiger partial charge in [-0.05, 0) is 38.1 Å². The fraction of sp³-hybridized carbons (Fsp3) is 0.381. The summed E-state index contributed by atoms with van der Waals surface area (Å²) in [6.45, 7) is 10.9. The predicted molar refractivity (Wildman–Crippen MR) is 103 cm³/mol. The van der Waals surface area contributed by atoms with Gasteiger partial charge < -0.3 is 14.4 Å². The van der Waals surface area contributed by atoms with Crippen LogP contribution >= 0.6 is 0 Å². The Morgan fingerprint density at radius 2 is 1.72 bits per heavy atom. The molecule has 0 spiro atoms. The molecule has 1 aliphatic heterocycles. The van der Waals surface area contributed by atoms with Crippen LogP contribution in [0.4, 0.5) is 5.69 Å². The molecule has 0 bridgehead atoms. The first kappa shape index (κ1) is 16.2. The van der Waals surface area contributed by atoms with Crippen LogP contribution in [0, 0.1) is 6.92 Å². The highest BCUT2D eigenvalue weighted by Crippen LogP contribution is 2.16. The topological polar surface area (TPSA) is 25.5 Å². The Kier molecular flexibility index (Phi) is 4.45. The zero-order valence-corrected chi connectivity index (χ0v) is 15.2. The Morgan fingerprint density at radius 3 is 2.44 bits per heavy atom. The van der Waals surface area contributed by atoms with E-state index < -0.39 is 0 Å². The number of fused-ring (bicyclic) bond motifs is 1. The number of quaternary nitrogens is 1. The molecule has 1 aromatic heterocycles. The molecule has 4 rings (SSSR count). The lowest BCUT2D eigenvalue weighted by atomic mass is 10.2. The van der Waals surface area contributed by atoms with E-state index in [1.165, 1.54) is 35.7 Å². The van der Waals surface area contributed by atoms with Crippen molar-refractivity contribution >= 4 is 16.7 Å². The third kappa shape index (κ3) is 3.27. The third-order valence-corrected chi connectivity index (χ3v) is 5.33. The van der Waals surface area contributed by atoms with Gasteiger partial charge in [-0.15, -0.1) is 0 Å². The van der Waals surface area contributed by atoms with E-state index in [9.17, 15) is 0 Å². The molecule has 1 fully saturated rings. The van der Waals surface area contributed by atoms with Gasteiger partial charge in [0.2, 0.25) is 0 Å². The molecule has 2 heterocycles. The number of anilines is 1. The molecule has 0 unspecified atom stereocenters. The van der Waals surface area contributed by atoms with E-state index in [0.717, 1.165) is 31.7 Å². The summed E-state index contributed by atoms with van der Waals surface area (Å²) in [6, 6.07) is 17.4. The molecule has 0 atom stereocenters. The SMILES string of the molecule is CCn1c(C[NH+]2CCN(c3ccc(C)cc3)CC2)nc2ccccc21. The van der Waals surface area contributed by atoms with Gasteiger partial charge in [-0.3, -0.25) is 0 Å².